The van der Waals surface area contributed by atoms with Crippen molar-refractivity contribution in [2.75, 3.05) is 6.54 Å². The largest absolute Gasteiger partial charge is 0.355 e. The molecule has 1 unspecified atom stereocenters. The molecule has 0 saturated heterocycles. The fourth-order valence-corrected chi connectivity index (χ4v) is 4.04. The Morgan fingerprint density at radius 3 is 2.27 bits per heavy atom. The lowest BCUT2D eigenvalue weighted by Crippen LogP contribution is -2.50. The third-order valence-corrected chi connectivity index (χ3v) is 5.85. The van der Waals surface area contributed by atoms with E-state index in [0.29, 0.717) is 37.4 Å². The Kier molecular flexibility index (Phi) is 9.08. The number of likely N-dealkylation sites (N-methyl/N-ethyl adjacent to an activating group) is 1. The van der Waals surface area contributed by atoms with Crippen molar-refractivity contribution in [3.8, 4) is 0 Å². The average molecular weight is 463 g/mol. The average Bonchev–Trinajstić information content (AvgIpc) is 2.81. The number of nitrogens with one attached hydrogen (secondary N) is 1. The first-order valence-corrected chi connectivity index (χ1v) is 11.7. The van der Waals surface area contributed by atoms with Crippen LogP contribution in [0.5, 0.6) is 0 Å². The molecule has 2 amide bonds. The molecule has 3 aromatic carbocycles. The highest BCUT2D eigenvalue weighted by Gasteiger charge is 2.29. The lowest BCUT2D eigenvalue weighted by Gasteiger charge is -2.31. The number of aryl methyl sites for hydroxylation is 2. The maximum Gasteiger partial charge on any atom is 0.243 e. The van der Waals surface area contributed by atoms with Gasteiger partial charge < -0.3 is 10.2 Å². The molecule has 0 aliphatic carbocycles. The summed E-state index contributed by atoms with van der Waals surface area (Å²) in [6.45, 7) is 4.76. The Labute approximate surface area is 201 Å². The summed E-state index contributed by atoms with van der Waals surface area (Å²) in [6, 6.07) is 24.9. The highest BCUT2D eigenvalue weighted by Crippen LogP contribution is 2.19. The van der Waals surface area contributed by atoms with Gasteiger partial charge >= 0.3 is 0 Å². The van der Waals surface area contributed by atoms with Crippen molar-refractivity contribution in [2.24, 2.45) is 0 Å². The molecule has 3 aromatic rings. The maximum absolute atomic E-state index is 13.5. The molecule has 172 valence electrons. The van der Waals surface area contributed by atoms with E-state index in [4.69, 9.17) is 11.6 Å². The van der Waals surface area contributed by atoms with Crippen molar-refractivity contribution in [1.82, 2.24) is 10.2 Å². The number of carbonyl (C=O) groups excluding carboxylic acids is 2. The third kappa shape index (κ3) is 7.47. The molecule has 0 aliphatic rings. The molecule has 0 radical (unpaired) electrons. The van der Waals surface area contributed by atoms with Crippen LogP contribution < -0.4 is 5.32 Å². The summed E-state index contributed by atoms with van der Waals surface area (Å²) in [5.41, 5.74) is 4.20. The fraction of sp³-hybridized carbons (Fsp3) is 0.286. The molecule has 0 saturated carbocycles. The van der Waals surface area contributed by atoms with E-state index < -0.39 is 6.04 Å². The first-order chi connectivity index (χ1) is 16.0. The second-order valence-electron chi connectivity index (χ2n) is 8.24. The molecular formula is C28H31ClN2O2. The molecule has 0 heterocycles. The molecule has 0 bridgehead atoms. The zero-order chi connectivity index (χ0) is 23.6. The Morgan fingerprint density at radius 1 is 0.909 bits per heavy atom. The van der Waals surface area contributed by atoms with Gasteiger partial charge in [-0.2, -0.15) is 0 Å². The monoisotopic (exact) mass is 462 g/mol. The zero-order valence-electron chi connectivity index (χ0n) is 19.3. The van der Waals surface area contributed by atoms with Gasteiger partial charge in [0.05, 0.1) is 0 Å². The standard InChI is InChI=1S/C28H31ClN2O2/c1-3-30-28(33)26(19-23-8-5-4-6-9-23)31(20-24-10-7-11-25(29)18-24)27(32)17-16-22-14-12-21(2)13-15-22/h4-15,18,26H,3,16-17,19-20H2,1-2H3,(H,30,33). The van der Waals surface area contributed by atoms with Crippen molar-refractivity contribution in [3.05, 3.63) is 106 Å². The van der Waals surface area contributed by atoms with Gasteiger partial charge in [0.1, 0.15) is 6.04 Å². The molecule has 0 spiro atoms. The Morgan fingerprint density at radius 2 is 1.61 bits per heavy atom. The van der Waals surface area contributed by atoms with Crippen LogP contribution in [0.3, 0.4) is 0 Å². The van der Waals surface area contributed by atoms with Crippen LogP contribution in [0, 0.1) is 6.92 Å². The molecule has 3 rings (SSSR count). The molecule has 0 aliphatic heterocycles. The number of hydrogen-bond acceptors (Lipinski definition) is 2. The van der Waals surface area contributed by atoms with Crippen LogP contribution in [0.25, 0.3) is 0 Å². The van der Waals surface area contributed by atoms with Crippen LogP contribution in [0.1, 0.15) is 35.6 Å². The summed E-state index contributed by atoms with van der Waals surface area (Å²) in [7, 11) is 0. The van der Waals surface area contributed by atoms with E-state index in [1.54, 1.807) is 11.0 Å². The van der Waals surface area contributed by atoms with Crippen LogP contribution in [-0.4, -0.2) is 29.3 Å². The van der Waals surface area contributed by atoms with E-state index in [0.717, 1.165) is 16.7 Å². The van der Waals surface area contributed by atoms with Crippen molar-refractivity contribution in [2.45, 2.75) is 45.7 Å². The van der Waals surface area contributed by atoms with Crippen LogP contribution in [0.4, 0.5) is 0 Å². The summed E-state index contributed by atoms with van der Waals surface area (Å²) in [5, 5.41) is 3.53. The van der Waals surface area contributed by atoms with Gasteiger partial charge in [-0.05, 0) is 49.1 Å². The zero-order valence-corrected chi connectivity index (χ0v) is 20.0. The normalized spacial score (nSPS) is 11.6. The maximum atomic E-state index is 13.5. The molecule has 5 heteroatoms. The van der Waals surface area contributed by atoms with E-state index in [2.05, 4.69) is 29.6 Å². The highest BCUT2D eigenvalue weighted by molar-refractivity contribution is 6.30. The van der Waals surface area contributed by atoms with Crippen LogP contribution in [0.15, 0.2) is 78.9 Å². The van der Waals surface area contributed by atoms with Crippen molar-refractivity contribution in [3.63, 3.8) is 0 Å². The second kappa shape index (κ2) is 12.2. The van der Waals surface area contributed by atoms with Crippen LogP contribution in [-0.2, 0) is 29.0 Å². The highest BCUT2D eigenvalue weighted by atomic mass is 35.5. The summed E-state index contributed by atoms with van der Waals surface area (Å²) in [5.74, 6) is -0.199. The van der Waals surface area contributed by atoms with Gasteiger partial charge in [-0.3, -0.25) is 9.59 Å². The van der Waals surface area contributed by atoms with Crippen LogP contribution >= 0.6 is 11.6 Å². The Bertz CT molecular complexity index is 1050. The fourth-order valence-electron chi connectivity index (χ4n) is 3.83. The Hall–Kier alpha value is -3.11. The van der Waals surface area contributed by atoms with E-state index in [1.165, 1.54) is 5.56 Å². The first kappa shape index (κ1) is 24.5. The van der Waals surface area contributed by atoms with Gasteiger partial charge in [0.25, 0.3) is 0 Å². The van der Waals surface area contributed by atoms with Gasteiger partial charge in [0.15, 0.2) is 0 Å². The number of benzene rings is 3. The summed E-state index contributed by atoms with van der Waals surface area (Å²) in [4.78, 5) is 28.4. The minimum absolute atomic E-state index is 0.0530. The van der Waals surface area contributed by atoms with Crippen molar-refractivity contribution in [1.29, 1.82) is 0 Å². The van der Waals surface area contributed by atoms with Crippen LogP contribution in [0.2, 0.25) is 5.02 Å². The van der Waals surface area contributed by atoms with Gasteiger partial charge in [-0.25, -0.2) is 0 Å². The minimum atomic E-state index is -0.614. The van der Waals surface area contributed by atoms with Gasteiger partial charge in [0.2, 0.25) is 11.8 Å². The van der Waals surface area contributed by atoms with Crippen molar-refractivity contribution < 1.29 is 9.59 Å². The smallest absolute Gasteiger partial charge is 0.243 e. The SMILES string of the molecule is CCNC(=O)C(Cc1ccccc1)N(Cc1cccc(Cl)c1)C(=O)CCc1ccc(C)cc1. The topological polar surface area (TPSA) is 49.4 Å². The number of hydrogen-bond donors (Lipinski definition) is 1. The predicted molar refractivity (Wildman–Crippen MR) is 134 cm³/mol. The molecule has 4 nitrogen and oxygen atoms in total. The number of carbonyl (C=O) groups is 2. The lowest BCUT2D eigenvalue weighted by molar-refractivity contribution is -0.141. The second-order valence-corrected chi connectivity index (χ2v) is 8.67. The summed E-state index contributed by atoms with van der Waals surface area (Å²) >= 11 is 6.20. The van der Waals surface area contributed by atoms with Gasteiger partial charge in [0, 0.05) is 31.0 Å². The van der Waals surface area contributed by atoms with Crippen molar-refractivity contribution >= 4 is 23.4 Å². The molecule has 0 aromatic heterocycles. The summed E-state index contributed by atoms with van der Waals surface area (Å²) < 4.78 is 0. The summed E-state index contributed by atoms with van der Waals surface area (Å²) in [6.07, 6.45) is 1.40. The van der Waals surface area contributed by atoms with E-state index >= 15 is 0 Å². The molecule has 33 heavy (non-hydrogen) atoms. The Balaban J connectivity index is 1.88. The predicted octanol–water partition coefficient (Wildman–Crippen LogP) is 5.36. The molecule has 1 atom stereocenters. The third-order valence-electron chi connectivity index (χ3n) is 5.61. The first-order valence-electron chi connectivity index (χ1n) is 11.4. The minimum Gasteiger partial charge on any atom is -0.355 e. The number of nitrogens with zero attached hydrogens (tertiary/aromatic N) is 1. The van der Waals surface area contributed by atoms with Gasteiger partial charge in [-0.1, -0.05) is 83.9 Å². The van der Waals surface area contributed by atoms with E-state index in [9.17, 15) is 9.59 Å². The number of halogens is 1. The number of amides is 2. The number of rotatable bonds is 10. The quantitative estimate of drug-likeness (QED) is 0.441. The lowest BCUT2D eigenvalue weighted by atomic mass is 10.0. The molecule has 1 N–H and O–H groups in total. The van der Waals surface area contributed by atoms with Gasteiger partial charge in [-0.15, -0.1) is 0 Å². The van der Waals surface area contributed by atoms with E-state index in [1.807, 2.05) is 62.4 Å². The molecular weight excluding hydrogens is 432 g/mol. The molecule has 0 fully saturated rings. The van der Waals surface area contributed by atoms with E-state index in [-0.39, 0.29) is 11.8 Å².